The molecule has 0 N–H and O–H groups in total. The molecule has 0 aliphatic rings. The zero-order chi connectivity index (χ0) is 8.97. The molecule has 0 unspecified atom stereocenters. The van der Waals surface area contributed by atoms with Crippen LogP contribution in [-0.2, 0) is 4.79 Å². The number of hydrogen-bond donors (Lipinski definition) is 0. The lowest BCUT2D eigenvalue weighted by Gasteiger charge is -2.00. The SMILES string of the molecule is CC(C)C(=O)CSc1nccs1. The summed E-state index contributed by atoms with van der Waals surface area (Å²) >= 11 is 3.10. The van der Waals surface area contributed by atoms with Crippen molar-refractivity contribution in [2.45, 2.75) is 18.2 Å². The van der Waals surface area contributed by atoms with E-state index in [2.05, 4.69) is 4.98 Å². The average Bonchev–Trinajstić information content (AvgIpc) is 2.51. The van der Waals surface area contributed by atoms with Crippen molar-refractivity contribution >= 4 is 28.9 Å². The van der Waals surface area contributed by atoms with Gasteiger partial charge in [-0.1, -0.05) is 25.6 Å². The molecule has 0 radical (unpaired) electrons. The zero-order valence-electron chi connectivity index (χ0n) is 7.11. The molecule has 1 rings (SSSR count). The fraction of sp³-hybridized carbons (Fsp3) is 0.500. The Morgan fingerprint density at radius 2 is 2.50 bits per heavy atom. The van der Waals surface area contributed by atoms with Gasteiger partial charge in [-0.2, -0.15) is 0 Å². The van der Waals surface area contributed by atoms with Crippen LogP contribution in [0.15, 0.2) is 15.9 Å². The number of ketones is 1. The Hall–Kier alpha value is -0.350. The summed E-state index contributed by atoms with van der Waals surface area (Å²) in [6, 6.07) is 0. The predicted octanol–water partition coefficient (Wildman–Crippen LogP) is 2.46. The number of aromatic nitrogens is 1. The molecule has 0 aliphatic heterocycles. The summed E-state index contributed by atoms with van der Waals surface area (Å²) in [5, 5.41) is 1.92. The van der Waals surface area contributed by atoms with Gasteiger partial charge in [0, 0.05) is 17.5 Å². The molecule has 0 fully saturated rings. The maximum absolute atomic E-state index is 11.2. The molecule has 0 spiro atoms. The largest absolute Gasteiger partial charge is 0.298 e. The van der Waals surface area contributed by atoms with Gasteiger partial charge >= 0.3 is 0 Å². The fourth-order valence-electron chi connectivity index (χ4n) is 0.581. The molecule has 0 bridgehead atoms. The summed E-state index contributed by atoms with van der Waals surface area (Å²) in [5.41, 5.74) is 0. The van der Waals surface area contributed by atoms with Crippen molar-refractivity contribution in [1.82, 2.24) is 4.98 Å². The smallest absolute Gasteiger partial charge is 0.150 e. The molecule has 1 aromatic rings. The van der Waals surface area contributed by atoms with Gasteiger partial charge in [0.05, 0.1) is 5.75 Å². The Labute approximate surface area is 80.4 Å². The summed E-state index contributed by atoms with van der Waals surface area (Å²) in [6.45, 7) is 3.84. The van der Waals surface area contributed by atoms with E-state index in [1.54, 1.807) is 17.5 Å². The van der Waals surface area contributed by atoms with Crippen molar-refractivity contribution < 1.29 is 4.79 Å². The molecular weight excluding hydrogens is 190 g/mol. The normalized spacial score (nSPS) is 10.6. The first kappa shape index (κ1) is 9.74. The maximum atomic E-state index is 11.2. The molecule has 2 nitrogen and oxygen atoms in total. The lowest BCUT2D eigenvalue weighted by Crippen LogP contribution is -2.09. The second-order valence-electron chi connectivity index (χ2n) is 2.71. The Balaban J connectivity index is 2.32. The Bertz CT molecular complexity index is 244. The Morgan fingerprint density at radius 1 is 1.75 bits per heavy atom. The summed E-state index contributed by atoms with van der Waals surface area (Å²) in [6.07, 6.45) is 1.76. The molecular formula is C8H11NOS2. The third kappa shape index (κ3) is 2.95. The number of nitrogens with zero attached hydrogens (tertiary/aromatic N) is 1. The van der Waals surface area contributed by atoms with Crippen LogP contribution in [-0.4, -0.2) is 16.5 Å². The van der Waals surface area contributed by atoms with Crippen LogP contribution in [0.2, 0.25) is 0 Å². The number of thiazole rings is 1. The minimum absolute atomic E-state index is 0.137. The highest BCUT2D eigenvalue weighted by Gasteiger charge is 2.08. The standard InChI is InChI=1S/C8H11NOS2/c1-6(2)7(10)5-12-8-9-3-4-11-8/h3-4,6H,5H2,1-2H3. The second-order valence-corrected chi connectivity index (χ2v) is 4.82. The number of rotatable bonds is 4. The maximum Gasteiger partial charge on any atom is 0.150 e. The highest BCUT2D eigenvalue weighted by atomic mass is 32.2. The van der Waals surface area contributed by atoms with Crippen LogP contribution in [0.3, 0.4) is 0 Å². The lowest BCUT2D eigenvalue weighted by atomic mass is 10.1. The lowest BCUT2D eigenvalue weighted by molar-refractivity contribution is -0.119. The van der Waals surface area contributed by atoms with Gasteiger partial charge in [-0.15, -0.1) is 11.3 Å². The van der Waals surface area contributed by atoms with E-state index in [0.717, 1.165) is 4.34 Å². The first-order valence-corrected chi connectivity index (χ1v) is 5.61. The van der Waals surface area contributed by atoms with Crippen LogP contribution < -0.4 is 0 Å². The molecule has 0 atom stereocenters. The van der Waals surface area contributed by atoms with Gasteiger partial charge in [-0.05, 0) is 0 Å². The molecule has 0 saturated carbocycles. The van der Waals surface area contributed by atoms with E-state index in [1.165, 1.54) is 11.8 Å². The molecule has 66 valence electrons. The van der Waals surface area contributed by atoms with E-state index in [4.69, 9.17) is 0 Å². The number of thioether (sulfide) groups is 1. The first-order valence-electron chi connectivity index (χ1n) is 3.75. The van der Waals surface area contributed by atoms with Crippen molar-refractivity contribution in [2.24, 2.45) is 5.92 Å². The second kappa shape index (κ2) is 4.62. The summed E-state index contributed by atoms with van der Waals surface area (Å²) in [5.74, 6) is 0.971. The first-order chi connectivity index (χ1) is 5.70. The topological polar surface area (TPSA) is 30.0 Å². The monoisotopic (exact) mass is 201 g/mol. The zero-order valence-corrected chi connectivity index (χ0v) is 8.74. The summed E-state index contributed by atoms with van der Waals surface area (Å²) < 4.78 is 0.976. The predicted molar refractivity (Wildman–Crippen MR) is 52.7 cm³/mol. The minimum atomic E-state index is 0.137. The molecule has 1 heterocycles. The van der Waals surface area contributed by atoms with Gasteiger partial charge < -0.3 is 0 Å². The molecule has 0 saturated heterocycles. The molecule has 0 aliphatic carbocycles. The van der Waals surface area contributed by atoms with E-state index < -0.39 is 0 Å². The van der Waals surface area contributed by atoms with Gasteiger partial charge in [0.1, 0.15) is 10.1 Å². The van der Waals surface area contributed by atoms with Crippen molar-refractivity contribution in [2.75, 3.05) is 5.75 Å². The number of hydrogen-bond acceptors (Lipinski definition) is 4. The van der Waals surface area contributed by atoms with Crippen LogP contribution in [0.25, 0.3) is 0 Å². The number of Topliss-reactive ketones (excluding diaryl/α,β-unsaturated/α-hetero) is 1. The minimum Gasteiger partial charge on any atom is -0.298 e. The van der Waals surface area contributed by atoms with E-state index in [-0.39, 0.29) is 11.7 Å². The molecule has 12 heavy (non-hydrogen) atoms. The molecule has 1 aromatic heterocycles. The summed E-state index contributed by atoms with van der Waals surface area (Å²) in [4.78, 5) is 15.3. The van der Waals surface area contributed by atoms with Gasteiger partial charge in [0.15, 0.2) is 0 Å². The van der Waals surface area contributed by atoms with E-state index >= 15 is 0 Å². The third-order valence-corrected chi connectivity index (χ3v) is 3.38. The van der Waals surface area contributed by atoms with Crippen molar-refractivity contribution in [3.05, 3.63) is 11.6 Å². The van der Waals surface area contributed by atoms with Gasteiger partial charge in [0.2, 0.25) is 0 Å². The van der Waals surface area contributed by atoms with Gasteiger partial charge in [-0.25, -0.2) is 4.98 Å². The van der Waals surface area contributed by atoms with E-state index in [1.807, 2.05) is 19.2 Å². The van der Waals surface area contributed by atoms with E-state index in [0.29, 0.717) is 5.75 Å². The van der Waals surface area contributed by atoms with Crippen molar-refractivity contribution in [3.8, 4) is 0 Å². The van der Waals surface area contributed by atoms with Crippen LogP contribution >= 0.6 is 23.1 Å². The fourth-order valence-corrected chi connectivity index (χ4v) is 2.29. The number of carbonyl (C=O) groups excluding carboxylic acids is 1. The highest BCUT2D eigenvalue weighted by molar-refractivity contribution is 8.01. The van der Waals surface area contributed by atoms with Crippen LogP contribution in [0.1, 0.15) is 13.8 Å². The van der Waals surface area contributed by atoms with Crippen molar-refractivity contribution in [3.63, 3.8) is 0 Å². The molecule has 0 aromatic carbocycles. The average molecular weight is 201 g/mol. The van der Waals surface area contributed by atoms with E-state index in [9.17, 15) is 4.79 Å². The number of carbonyl (C=O) groups is 1. The quantitative estimate of drug-likeness (QED) is 0.701. The third-order valence-electron chi connectivity index (χ3n) is 1.39. The molecule has 0 amide bonds. The summed E-state index contributed by atoms with van der Waals surface area (Å²) in [7, 11) is 0. The Kier molecular flexibility index (Phi) is 3.75. The van der Waals surface area contributed by atoms with Gasteiger partial charge in [-0.3, -0.25) is 4.79 Å². The molecule has 4 heteroatoms. The van der Waals surface area contributed by atoms with Crippen LogP contribution in [0.4, 0.5) is 0 Å². The Morgan fingerprint density at radius 3 is 3.00 bits per heavy atom. The highest BCUT2D eigenvalue weighted by Crippen LogP contribution is 2.20. The van der Waals surface area contributed by atoms with Crippen molar-refractivity contribution in [1.29, 1.82) is 0 Å². The van der Waals surface area contributed by atoms with Crippen LogP contribution in [0.5, 0.6) is 0 Å². The van der Waals surface area contributed by atoms with Crippen LogP contribution in [0, 0.1) is 5.92 Å². The van der Waals surface area contributed by atoms with Gasteiger partial charge in [0.25, 0.3) is 0 Å².